The molecule has 1 aromatic rings. The highest BCUT2D eigenvalue weighted by Gasteiger charge is 2.06. The van der Waals surface area contributed by atoms with Crippen molar-refractivity contribution in [2.24, 2.45) is 5.73 Å². The van der Waals surface area contributed by atoms with E-state index in [1.54, 1.807) is 0 Å². The Morgan fingerprint density at radius 2 is 2.00 bits per heavy atom. The largest absolute Gasteiger partial charge is 0.322 e. The average molecular weight is 177 g/mol. The lowest BCUT2D eigenvalue weighted by Crippen LogP contribution is -2.28. The molecule has 0 aliphatic rings. The number of benzene rings is 1. The minimum absolute atomic E-state index is 0.0657. The Labute approximate surface area is 78.8 Å². The van der Waals surface area contributed by atoms with Crippen LogP contribution >= 0.6 is 0 Å². The summed E-state index contributed by atoms with van der Waals surface area (Å²) in [5, 5.41) is 0. The molecule has 2 nitrogen and oxygen atoms in total. The molecule has 2 heteroatoms. The fourth-order valence-corrected chi connectivity index (χ4v) is 1.17. The molecule has 0 aromatic heterocycles. The van der Waals surface area contributed by atoms with Crippen LogP contribution in [0.15, 0.2) is 30.3 Å². The van der Waals surface area contributed by atoms with Gasteiger partial charge in [0.25, 0.3) is 0 Å². The Kier molecular flexibility index (Phi) is 3.65. The van der Waals surface area contributed by atoms with E-state index in [-0.39, 0.29) is 11.8 Å². The summed E-state index contributed by atoms with van der Waals surface area (Å²) >= 11 is 0. The molecule has 1 rings (SSSR count). The van der Waals surface area contributed by atoms with Gasteiger partial charge in [0.05, 0.1) is 6.04 Å². The lowest BCUT2D eigenvalue weighted by Gasteiger charge is -2.06. The second kappa shape index (κ2) is 4.77. The van der Waals surface area contributed by atoms with Crippen LogP contribution in [0.3, 0.4) is 0 Å². The van der Waals surface area contributed by atoms with Gasteiger partial charge in [0.1, 0.15) is 5.78 Å². The first kappa shape index (κ1) is 9.93. The first-order chi connectivity index (χ1) is 6.20. The van der Waals surface area contributed by atoms with E-state index >= 15 is 0 Å². The Hall–Kier alpha value is -1.15. The molecular weight excluding hydrogens is 162 g/mol. The van der Waals surface area contributed by atoms with Crippen molar-refractivity contribution >= 4 is 5.78 Å². The molecule has 0 saturated heterocycles. The standard InChI is InChI=1S/C11H15NO/c1-9(13)11(12)8-7-10-5-3-2-4-6-10/h2-6,11H,7-8,12H2,1H3. The Balaban J connectivity index is 2.39. The van der Waals surface area contributed by atoms with Gasteiger partial charge in [0, 0.05) is 0 Å². The number of carbonyl (C=O) groups excluding carboxylic acids is 1. The van der Waals surface area contributed by atoms with Crippen LogP contribution in [0.5, 0.6) is 0 Å². The van der Waals surface area contributed by atoms with Crippen LogP contribution in [0.2, 0.25) is 0 Å². The number of nitrogens with two attached hydrogens (primary N) is 1. The summed E-state index contributed by atoms with van der Waals surface area (Å²) in [6.45, 7) is 1.54. The predicted octanol–water partition coefficient (Wildman–Crippen LogP) is 1.54. The van der Waals surface area contributed by atoms with Gasteiger partial charge in [-0.1, -0.05) is 30.3 Å². The summed E-state index contributed by atoms with van der Waals surface area (Å²) in [6, 6.07) is 9.76. The fraction of sp³-hybridized carbons (Fsp3) is 0.364. The molecule has 0 fully saturated rings. The van der Waals surface area contributed by atoms with Crippen molar-refractivity contribution in [2.45, 2.75) is 25.8 Å². The van der Waals surface area contributed by atoms with Crippen molar-refractivity contribution in [3.8, 4) is 0 Å². The molecule has 0 radical (unpaired) electrons. The third-order valence-corrected chi connectivity index (χ3v) is 2.11. The van der Waals surface area contributed by atoms with Crippen molar-refractivity contribution in [2.75, 3.05) is 0 Å². The zero-order valence-electron chi connectivity index (χ0n) is 7.86. The van der Waals surface area contributed by atoms with Crippen molar-refractivity contribution in [3.63, 3.8) is 0 Å². The molecule has 1 atom stereocenters. The SMILES string of the molecule is CC(=O)C(N)CCc1ccccc1. The molecule has 13 heavy (non-hydrogen) atoms. The van der Waals surface area contributed by atoms with Crippen LogP contribution in [-0.4, -0.2) is 11.8 Å². The minimum atomic E-state index is -0.305. The van der Waals surface area contributed by atoms with E-state index in [1.165, 1.54) is 12.5 Å². The molecule has 0 saturated carbocycles. The summed E-state index contributed by atoms with van der Waals surface area (Å²) in [6.07, 6.45) is 1.61. The molecule has 0 aliphatic carbocycles. The molecule has 1 unspecified atom stereocenters. The molecule has 0 heterocycles. The number of carbonyl (C=O) groups is 1. The van der Waals surface area contributed by atoms with Crippen molar-refractivity contribution in [1.82, 2.24) is 0 Å². The van der Waals surface area contributed by atoms with Gasteiger partial charge in [-0.05, 0) is 25.3 Å². The highest BCUT2D eigenvalue weighted by atomic mass is 16.1. The van der Waals surface area contributed by atoms with E-state index in [9.17, 15) is 4.79 Å². The maximum absolute atomic E-state index is 10.8. The number of ketones is 1. The smallest absolute Gasteiger partial charge is 0.146 e. The third-order valence-electron chi connectivity index (χ3n) is 2.11. The average Bonchev–Trinajstić information content (AvgIpc) is 2.15. The van der Waals surface area contributed by atoms with E-state index in [1.807, 2.05) is 30.3 Å². The van der Waals surface area contributed by atoms with Crippen LogP contribution in [0.1, 0.15) is 18.9 Å². The van der Waals surface area contributed by atoms with Crippen LogP contribution in [0.4, 0.5) is 0 Å². The molecule has 0 bridgehead atoms. The zero-order valence-corrected chi connectivity index (χ0v) is 7.86. The highest BCUT2D eigenvalue weighted by molar-refractivity contribution is 5.81. The minimum Gasteiger partial charge on any atom is -0.322 e. The number of Topliss-reactive ketones (excluding diaryl/α,β-unsaturated/α-hetero) is 1. The normalized spacial score (nSPS) is 12.5. The molecule has 2 N–H and O–H groups in total. The number of hydrogen-bond acceptors (Lipinski definition) is 2. The van der Waals surface area contributed by atoms with Crippen LogP contribution in [0, 0.1) is 0 Å². The Morgan fingerprint density at radius 3 is 2.54 bits per heavy atom. The second-order valence-electron chi connectivity index (χ2n) is 3.24. The van der Waals surface area contributed by atoms with Gasteiger partial charge in [-0.15, -0.1) is 0 Å². The molecule has 0 aliphatic heterocycles. The quantitative estimate of drug-likeness (QED) is 0.758. The summed E-state index contributed by atoms with van der Waals surface area (Å²) < 4.78 is 0. The van der Waals surface area contributed by atoms with Gasteiger partial charge in [0.15, 0.2) is 0 Å². The fourth-order valence-electron chi connectivity index (χ4n) is 1.17. The first-order valence-electron chi connectivity index (χ1n) is 4.50. The molecule has 0 spiro atoms. The van der Waals surface area contributed by atoms with Crippen molar-refractivity contribution in [1.29, 1.82) is 0 Å². The zero-order chi connectivity index (χ0) is 9.68. The van der Waals surface area contributed by atoms with Gasteiger partial charge >= 0.3 is 0 Å². The van der Waals surface area contributed by atoms with Gasteiger partial charge in [0.2, 0.25) is 0 Å². The van der Waals surface area contributed by atoms with E-state index < -0.39 is 0 Å². The number of hydrogen-bond donors (Lipinski definition) is 1. The van der Waals surface area contributed by atoms with Gasteiger partial charge in [-0.25, -0.2) is 0 Å². The topological polar surface area (TPSA) is 43.1 Å². The maximum atomic E-state index is 10.8. The molecular formula is C11H15NO. The Bertz CT molecular complexity index is 269. The molecule has 0 amide bonds. The summed E-state index contributed by atoms with van der Waals surface area (Å²) in [4.78, 5) is 10.8. The van der Waals surface area contributed by atoms with E-state index in [0.29, 0.717) is 0 Å². The van der Waals surface area contributed by atoms with Gasteiger partial charge in [-0.2, -0.15) is 0 Å². The van der Waals surface area contributed by atoms with E-state index in [4.69, 9.17) is 5.73 Å². The highest BCUT2D eigenvalue weighted by Crippen LogP contribution is 2.04. The van der Waals surface area contributed by atoms with Crippen molar-refractivity contribution < 1.29 is 4.79 Å². The van der Waals surface area contributed by atoms with Crippen molar-refractivity contribution in [3.05, 3.63) is 35.9 Å². The summed E-state index contributed by atoms with van der Waals surface area (Å²) in [5.41, 5.74) is 6.85. The lowest BCUT2D eigenvalue weighted by molar-refractivity contribution is -0.118. The third kappa shape index (κ3) is 3.38. The van der Waals surface area contributed by atoms with Crippen LogP contribution in [0.25, 0.3) is 0 Å². The monoisotopic (exact) mass is 177 g/mol. The number of aryl methyl sites for hydroxylation is 1. The lowest BCUT2D eigenvalue weighted by atomic mass is 10.0. The van der Waals surface area contributed by atoms with Gasteiger partial charge < -0.3 is 5.73 Å². The predicted molar refractivity (Wildman–Crippen MR) is 53.4 cm³/mol. The molecule has 70 valence electrons. The van der Waals surface area contributed by atoms with Crippen LogP contribution < -0.4 is 5.73 Å². The maximum Gasteiger partial charge on any atom is 0.146 e. The Morgan fingerprint density at radius 1 is 1.38 bits per heavy atom. The molecule has 1 aromatic carbocycles. The van der Waals surface area contributed by atoms with Gasteiger partial charge in [-0.3, -0.25) is 4.79 Å². The van der Waals surface area contributed by atoms with E-state index in [2.05, 4.69) is 0 Å². The second-order valence-corrected chi connectivity index (χ2v) is 3.24. The van der Waals surface area contributed by atoms with Crippen LogP contribution in [-0.2, 0) is 11.2 Å². The summed E-state index contributed by atoms with van der Waals surface area (Å²) in [7, 11) is 0. The first-order valence-corrected chi connectivity index (χ1v) is 4.50. The summed E-state index contributed by atoms with van der Waals surface area (Å²) in [5.74, 6) is 0.0657. The van der Waals surface area contributed by atoms with E-state index in [0.717, 1.165) is 12.8 Å². The number of rotatable bonds is 4.